The number of hydrogen-bond acceptors (Lipinski definition) is 5. The first-order valence-electron chi connectivity index (χ1n) is 10.5. The van der Waals surface area contributed by atoms with Crippen molar-refractivity contribution < 1.29 is 18.0 Å². The fraction of sp³-hybridized carbons (Fsp3) is 0.391. The predicted octanol–water partition coefficient (Wildman–Crippen LogP) is 4.34. The van der Waals surface area contributed by atoms with Crippen LogP contribution in [0.3, 0.4) is 0 Å². The van der Waals surface area contributed by atoms with Crippen LogP contribution >= 0.6 is 11.3 Å². The van der Waals surface area contributed by atoms with Gasteiger partial charge in [-0.2, -0.15) is 13.2 Å². The number of fused-ring (bicyclic) bond motifs is 1. The van der Waals surface area contributed by atoms with Gasteiger partial charge < -0.3 is 10.2 Å². The summed E-state index contributed by atoms with van der Waals surface area (Å²) in [6, 6.07) is 11.9. The summed E-state index contributed by atoms with van der Waals surface area (Å²) in [5, 5.41) is 3.69. The third kappa shape index (κ3) is 4.95. The summed E-state index contributed by atoms with van der Waals surface area (Å²) in [7, 11) is 2.09. The number of piperazine rings is 1. The second kappa shape index (κ2) is 9.17. The summed E-state index contributed by atoms with van der Waals surface area (Å²) in [5.41, 5.74) is 0.696. The molecule has 4 rings (SSSR count). The number of halogens is 3. The lowest BCUT2D eigenvalue weighted by molar-refractivity contribution is -0.140. The van der Waals surface area contributed by atoms with E-state index in [1.807, 2.05) is 30.3 Å². The predicted molar refractivity (Wildman–Crippen MR) is 120 cm³/mol. The summed E-state index contributed by atoms with van der Waals surface area (Å²) < 4.78 is 39.1. The van der Waals surface area contributed by atoms with Gasteiger partial charge in [-0.15, -0.1) is 11.3 Å². The van der Waals surface area contributed by atoms with Crippen LogP contribution in [0, 0.1) is 6.92 Å². The number of aryl methyl sites for hydroxylation is 1. The highest BCUT2D eigenvalue weighted by molar-refractivity contribution is 7.20. The summed E-state index contributed by atoms with van der Waals surface area (Å²) in [6.07, 6.45) is -4.52. The Morgan fingerprint density at radius 1 is 1.12 bits per heavy atom. The molecule has 1 aliphatic rings. The smallest absolute Gasteiger partial charge is 0.343 e. The summed E-state index contributed by atoms with van der Waals surface area (Å²) in [4.78, 5) is 22.2. The molecule has 0 bridgehead atoms. The largest absolute Gasteiger partial charge is 0.433 e. The number of nitrogens with zero attached hydrogens (tertiary/aromatic N) is 3. The molecular weight excluding hydrogens is 437 g/mol. The molecule has 170 valence electrons. The number of aromatic nitrogens is 1. The third-order valence-electron chi connectivity index (χ3n) is 5.84. The number of benzene rings is 1. The number of likely N-dealkylation sites (N-methyl/N-ethyl adjacent to an activating group) is 1. The first-order valence-corrected chi connectivity index (χ1v) is 11.3. The molecule has 5 nitrogen and oxygen atoms in total. The maximum Gasteiger partial charge on any atom is 0.433 e. The molecule has 32 heavy (non-hydrogen) atoms. The van der Waals surface area contributed by atoms with Crippen LogP contribution in [0.1, 0.15) is 32.5 Å². The molecule has 1 fully saturated rings. The highest BCUT2D eigenvalue weighted by Gasteiger charge is 2.33. The molecule has 3 aromatic rings. The number of rotatable bonds is 5. The SMILES string of the molecule is Cc1c(C(=O)NC(CN2CCN(C)CC2)c2ccccc2)sc2nc(C(F)(F)F)ccc12. The van der Waals surface area contributed by atoms with Gasteiger partial charge in [-0.05, 0) is 37.2 Å². The standard InChI is InChI=1S/C23H25F3N4OS/c1-15-17-8-9-19(23(24,25)26)28-22(17)32-20(15)21(31)27-18(16-6-4-3-5-7-16)14-30-12-10-29(2)11-13-30/h3-9,18H,10-14H2,1-2H3,(H,27,31). The van der Waals surface area contributed by atoms with E-state index in [0.29, 0.717) is 22.4 Å². The first kappa shape index (κ1) is 22.7. The van der Waals surface area contributed by atoms with E-state index in [9.17, 15) is 18.0 Å². The molecule has 1 atom stereocenters. The van der Waals surface area contributed by atoms with Gasteiger partial charge in [-0.3, -0.25) is 9.69 Å². The summed E-state index contributed by atoms with van der Waals surface area (Å²) >= 11 is 1.00. The van der Waals surface area contributed by atoms with Crippen molar-refractivity contribution in [2.75, 3.05) is 39.8 Å². The van der Waals surface area contributed by atoms with Gasteiger partial charge in [0.15, 0.2) is 0 Å². The van der Waals surface area contributed by atoms with Crippen LogP contribution in [0.25, 0.3) is 10.2 Å². The molecule has 0 radical (unpaired) electrons. The van der Waals surface area contributed by atoms with Crippen molar-refractivity contribution in [3.8, 4) is 0 Å². The van der Waals surface area contributed by atoms with Crippen LogP contribution in [0.15, 0.2) is 42.5 Å². The van der Waals surface area contributed by atoms with Crippen molar-refractivity contribution in [2.45, 2.75) is 19.1 Å². The van der Waals surface area contributed by atoms with Gasteiger partial charge >= 0.3 is 6.18 Å². The molecule has 1 unspecified atom stereocenters. The third-order valence-corrected chi connectivity index (χ3v) is 7.04. The van der Waals surface area contributed by atoms with E-state index >= 15 is 0 Å². The first-order chi connectivity index (χ1) is 15.2. The number of alkyl halides is 3. The van der Waals surface area contributed by atoms with Gasteiger partial charge in [0.25, 0.3) is 5.91 Å². The molecule has 1 amide bonds. The number of pyridine rings is 1. The lowest BCUT2D eigenvalue weighted by Crippen LogP contribution is -2.47. The average Bonchev–Trinajstić information content (AvgIpc) is 3.11. The van der Waals surface area contributed by atoms with E-state index in [0.717, 1.165) is 49.1 Å². The quantitative estimate of drug-likeness (QED) is 0.613. The van der Waals surface area contributed by atoms with Crippen molar-refractivity contribution in [3.05, 3.63) is 64.2 Å². The van der Waals surface area contributed by atoms with Crippen LogP contribution in [0.4, 0.5) is 13.2 Å². The minimum absolute atomic E-state index is 0.220. The van der Waals surface area contributed by atoms with E-state index in [-0.39, 0.29) is 16.8 Å². The Bertz CT molecular complexity index is 1090. The fourth-order valence-corrected chi connectivity index (χ4v) is 4.99. The molecule has 1 aromatic carbocycles. The van der Waals surface area contributed by atoms with Crippen molar-refractivity contribution >= 4 is 27.5 Å². The number of thiophene rings is 1. The monoisotopic (exact) mass is 462 g/mol. The molecule has 0 spiro atoms. The van der Waals surface area contributed by atoms with Crippen molar-refractivity contribution in [3.63, 3.8) is 0 Å². The van der Waals surface area contributed by atoms with Gasteiger partial charge in [0.2, 0.25) is 0 Å². The minimum atomic E-state index is -4.52. The van der Waals surface area contributed by atoms with Gasteiger partial charge in [0.1, 0.15) is 10.5 Å². The maximum absolute atomic E-state index is 13.2. The normalized spacial score (nSPS) is 16.9. The molecule has 2 aromatic heterocycles. The molecule has 1 aliphatic heterocycles. The van der Waals surface area contributed by atoms with E-state index in [2.05, 4.69) is 27.1 Å². The van der Waals surface area contributed by atoms with Gasteiger partial charge in [-0.1, -0.05) is 30.3 Å². The number of hydrogen-bond donors (Lipinski definition) is 1. The molecule has 3 heterocycles. The Labute approximate surface area is 188 Å². The average molecular weight is 463 g/mol. The second-order valence-electron chi connectivity index (χ2n) is 8.14. The maximum atomic E-state index is 13.2. The Hall–Kier alpha value is -2.49. The van der Waals surface area contributed by atoms with Gasteiger partial charge in [-0.25, -0.2) is 4.98 Å². The topological polar surface area (TPSA) is 48.5 Å². The fourth-order valence-electron chi connectivity index (χ4n) is 3.91. The van der Waals surface area contributed by atoms with Crippen LogP contribution < -0.4 is 5.32 Å². The zero-order valence-electron chi connectivity index (χ0n) is 17.9. The van der Waals surface area contributed by atoms with Gasteiger partial charge in [0.05, 0.1) is 10.9 Å². The van der Waals surface area contributed by atoms with Crippen molar-refractivity contribution in [1.82, 2.24) is 20.1 Å². The summed E-state index contributed by atoms with van der Waals surface area (Å²) in [5.74, 6) is -0.290. The molecule has 9 heteroatoms. The minimum Gasteiger partial charge on any atom is -0.343 e. The number of amides is 1. The Morgan fingerprint density at radius 3 is 2.47 bits per heavy atom. The Morgan fingerprint density at radius 2 is 1.81 bits per heavy atom. The van der Waals surface area contributed by atoms with Crippen molar-refractivity contribution in [2.24, 2.45) is 0 Å². The number of carbonyl (C=O) groups is 1. The highest BCUT2D eigenvalue weighted by Crippen LogP contribution is 2.34. The van der Waals surface area contributed by atoms with Crippen LogP contribution in [-0.2, 0) is 6.18 Å². The van der Waals surface area contributed by atoms with E-state index in [1.54, 1.807) is 6.92 Å². The zero-order chi connectivity index (χ0) is 22.9. The lowest BCUT2D eigenvalue weighted by atomic mass is 10.1. The highest BCUT2D eigenvalue weighted by atomic mass is 32.1. The molecule has 0 aliphatic carbocycles. The Balaban J connectivity index is 1.58. The molecule has 0 saturated carbocycles. The molecular formula is C23H25F3N4OS. The second-order valence-corrected chi connectivity index (χ2v) is 9.14. The van der Waals surface area contributed by atoms with Crippen LogP contribution in [-0.4, -0.2) is 60.5 Å². The molecule has 1 N–H and O–H groups in total. The van der Waals surface area contributed by atoms with E-state index in [1.165, 1.54) is 6.07 Å². The van der Waals surface area contributed by atoms with Crippen molar-refractivity contribution in [1.29, 1.82) is 0 Å². The van der Waals surface area contributed by atoms with E-state index in [4.69, 9.17) is 0 Å². The van der Waals surface area contributed by atoms with Crippen LogP contribution in [0.2, 0.25) is 0 Å². The van der Waals surface area contributed by atoms with Crippen LogP contribution in [0.5, 0.6) is 0 Å². The lowest BCUT2D eigenvalue weighted by Gasteiger charge is -2.35. The molecule has 1 saturated heterocycles. The number of carbonyl (C=O) groups excluding carboxylic acids is 1. The van der Waals surface area contributed by atoms with E-state index < -0.39 is 11.9 Å². The Kier molecular flexibility index (Phi) is 6.50. The number of nitrogens with one attached hydrogen (secondary N) is 1. The zero-order valence-corrected chi connectivity index (χ0v) is 18.8. The summed E-state index contributed by atoms with van der Waals surface area (Å²) in [6.45, 7) is 6.20. The van der Waals surface area contributed by atoms with Gasteiger partial charge in [0, 0.05) is 38.1 Å².